The van der Waals surface area contributed by atoms with Crippen LogP contribution in [0, 0.1) is 11.9 Å². The summed E-state index contributed by atoms with van der Waals surface area (Å²) in [5.74, 6) is -2.81. The van der Waals surface area contributed by atoms with Crippen molar-refractivity contribution in [2.75, 3.05) is 11.9 Å². The molecule has 2 aromatic rings. The van der Waals surface area contributed by atoms with E-state index in [1.165, 1.54) is 0 Å². The number of aromatic nitrogens is 1. The van der Waals surface area contributed by atoms with Crippen LogP contribution in [0.2, 0.25) is 0 Å². The van der Waals surface area contributed by atoms with Crippen LogP contribution in [0.5, 0.6) is 0 Å². The molecule has 0 saturated carbocycles. The second-order valence-electron chi connectivity index (χ2n) is 5.59. The molecule has 3 N–H and O–H groups in total. The smallest absolute Gasteiger partial charge is 0.282 e. The highest BCUT2D eigenvalue weighted by molar-refractivity contribution is 6.04. The quantitative estimate of drug-likeness (QED) is 0.813. The van der Waals surface area contributed by atoms with Crippen molar-refractivity contribution in [1.29, 1.82) is 0 Å². The Bertz CT molecular complexity index is 809. The average Bonchev–Trinajstić information content (AvgIpc) is 2.99. The maximum Gasteiger partial charge on any atom is 0.282 e. The topological polar surface area (TPSA) is 89.6 Å². The van der Waals surface area contributed by atoms with Gasteiger partial charge in [0.05, 0.1) is 11.6 Å². The van der Waals surface area contributed by atoms with E-state index < -0.39 is 17.8 Å². The molecular formula is C17H16F2N4O2. The van der Waals surface area contributed by atoms with Gasteiger partial charge >= 0.3 is 0 Å². The fourth-order valence-electron chi connectivity index (χ4n) is 2.45. The third-order valence-corrected chi connectivity index (χ3v) is 3.77. The first-order chi connectivity index (χ1) is 12.0. The Labute approximate surface area is 142 Å². The van der Waals surface area contributed by atoms with Crippen molar-refractivity contribution in [3.63, 3.8) is 0 Å². The summed E-state index contributed by atoms with van der Waals surface area (Å²) < 4.78 is 31.4. The summed E-state index contributed by atoms with van der Waals surface area (Å²) in [6.45, 7) is 0.497. The van der Waals surface area contributed by atoms with Gasteiger partial charge in [0.2, 0.25) is 11.9 Å². The number of amides is 1. The van der Waals surface area contributed by atoms with Crippen molar-refractivity contribution in [1.82, 2.24) is 4.98 Å². The van der Waals surface area contributed by atoms with Crippen molar-refractivity contribution in [3.8, 4) is 0 Å². The van der Waals surface area contributed by atoms with E-state index in [1.54, 1.807) is 12.1 Å². The molecule has 1 aliphatic heterocycles. The summed E-state index contributed by atoms with van der Waals surface area (Å²) in [6.07, 6.45) is 1.59. The van der Waals surface area contributed by atoms with Gasteiger partial charge in [-0.1, -0.05) is 12.1 Å². The Morgan fingerprint density at radius 2 is 2.00 bits per heavy atom. The lowest BCUT2D eigenvalue weighted by Crippen LogP contribution is -2.15. The summed E-state index contributed by atoms with van der Waals surface area (Å²) in [5, 5.41) is 2.55. The second-order valence-corrected chi connectivity index (χ2v) is 5.59. The minimum atomic E-state index is -1.15. The first kappa shape index (κ1) is 16.8. The molecule has 0 fully saturated rings. The summed E-state index contributed by atoms with van der Waals surface area (Å²) in [5.41, 5.74) is 6.71. The molecule has 3 rings (SSSR count). The number of aryl methyl sites for hydroxylation is 1. The molecule has 0 radical (unpaired) electrons. The molecule has 1 aromatic carbocycles. The normalized spacial score (nSPS) is 16.2. The molecule has 1 amide bonds. The number of nitrogens with one attached hydrogen (secondary N) is 1. The zero-order valence-electron chi connectivity index (χ0n) is 13.2. The number of halogens is 2. The van der Waals surface area contributed by atoms with Crippen LogP contribution in [0.4, 0.5) is 14.5 Å². The van der Waals surface area contributed by atoms with E-state index in [-0.39, 0.29) is 17.6 Å². The maximum atomic E-state index is 13.5. The molecule has 0 spiro atoms. The molecule has 0 aliphatic carbocycles. The molecule has 1 atom stereocenters. The number of nitrogens with zero attached hydrogens (tertiary/aromatic N) is 2. The van der Waals surface area contributed by atoms with E-state index in [1.807, 2.05) is 12.1 Å². The molecule has 25 heavy (non-hydrogen) atoms. The van der Waals surface area contributed by atoms with Gasteiger partial charge in [-0.3, -0.25) is 4.79 Å². The van der Waals surface area contributed by atoms with E-state index in [9.17, 15) is 13.6 Å². The van der Waals surface area contributed by atoms with Crippen LogP contribution in [0.3, 0.4) is 0 Å². The third-order valence-electron chi connectivity index (χ3n) is 3.77. The van der Waals surface area contributed by atoms with Crippen LogP contribution in [0.1, 0.15) is 22.3 Å². The number of hydrogen-bond acceptors (Lipinski definition) is 5. The number of pyridine rings is 1. The van der Waals surface area contributed by atoms with Gasteiger partial charge < -0.3 is 15.8 Å². The molecule has 130 valence electrons. The first-order valence-corrected chi connectivity index (χ1v) is 7.69. The maximum absolute atomic E-state index is 13.5. The highest BCUT2D eigenvalue weighted by Gasteiger charge is 2.16. The van der Waals surface area contributed by atoms with Crippen LogP contribution >= 0.6 is 0 Å². The van der Waals surface area contributed by atoms with Crippen LogP contribution in [0.25, 0.3) is 0 Å². The molecule has 1 unspecified atom stereocenters. The summed E-state index contributed by atoms with van der Waals surface area (Å²) in [4.78, 5) is 19.2. The van der Waals surface area contributed by atoms with Crippen LogP contribution in [-0.2, 0) is 11.2 Å². The van der Waals surface area contributed by atoms with Gasteiger partial charge in [0, 0.05) is 5.69 Å². The van der Waals surface area contributed by atoms with Gasteiger partial charge in [-0.05, 0) is 42.7 Å². The van der Waals surface area contributed by atoms with Gasteiger partial charge in [0.25, 0.3) is 11.9 Å². The lowest BCUT2D eigenvalue weighted by Gasteiger charge is -2.08. The van der Waals surface area contributed by atoms with Gasteiger partial charge in [0.1, 0.15) is 6.61 Å². The molecule has 1 aliphatic rings. The fourth-order valence-corrected chi connectivity index (χ4v) is 2.45. The van der Waals surface area contributed by atoms with E-state index in [0.29, 0.717) is 12.3 Å². The van der Waals surface area contributed by atoms with E-state index in [0.717, 1.165) is 30.5 Å². The van der Waals surface area contributed by atoms with Crippen LogP contribution in [0.15, 0.2) is 41.4 Å². The molecule has 2 heterocycles. The average molecular weight is 346 g/mol. The number of rotatable bonds is 5. The number of nitrogens with two attached hydrogens (primary N) is 1. The molecule has 8 heteroatoms. The van der Waals surface area contributed by atoms with Crippen LogP contribution < -0.4 is 11.1 Å². The molecule has 6 nitrogen and oxygen atoms in total. The highest BCUT2D eigenvalue weighted by Crippen LogP contribution is 2.16. The first-order valence-electron chi connectivity index (χ1n) is 7.69. The summed E-state index contributed by atoms with van der Waals surface area (Å²) in [6, 6.07) is 9.42. The number of ether oxygens (including phenoxy) is 1. The second kappa shape index (κ2) is 7.25. The molecular weight excluding hydrogens is 330 g/mol. The Kier molecular flexibility index (Phi) is 4.87. The zero-order valence-corrected chi connectivity index (χ0v) is 13.2. The number of carbonyl (C=O) groups is 1. The minimum Gasteiger partial charge on any atom is -0.463 e. The van der Waals surface area contributed by atoms with Gasteiger partial charge in [0.15, 0.2) is 0 Å². The Morgan fingerprint density at radius 3 is 2.64 bits per heavy atom. The molecule has 1 aromatic heterocycles. The number of amidine groups is 1. The van der Waals surface area contributed by atoms with Crippen molar-refractivity contribution in [3.05, 3.63) is 59.4 Å². The van der Waals surface area contributed by atoms with Crippen molar-refractivity contribution < 1.29 is 18.3 Å². The lowest BCUT2D eigenvalue weighted by atomic mass is 10.1. The number of aliphatic imine (C=N–C) groups is 1. The minimum absolute atomic E-state index is 0.0633. The monoisotopic (exact) mass is 346 g/mol. The third kappa shape index (κ3) is 4.28. The van der Waals surface area contributed by atoms with E-state index >= 15 is 0 Å². The van der Waals surface area contributed by atoms with Crippen molar-refractivity contribution in [2.45, 2.75) is 18.9 Å². The van der Waals surface area contributed by atoms with Crippen LogP contribution in [-0.4, -0.2) is 29.6 Å². The zero-order chi connectivity index (χ0) is 17.8. The standard InChI is InChI=1S/C17H16F2N4O2/c18-14-8-7-13(15(19)23-14)16(24)21-11-4-1-10(2-5-11)3-6-12-9-25-17(20)22-12/h1-2,4-5,7-8,12H,3,6,9H2,(H2,20,22)(H,21,24). The summed E-state index contributed by atoms with van der Waals surface area (Å²) in [7, 11) is 0. The van der Waals surface area contributed by atoms with Crippen molar-refractivity contribution in [2.24, 2.45) is 10.7 Å². The summed E-state index contributed by atoms with van der Waals surface area (Å²) >= 11 is 0. The van der Waals surface area contributed by atoms with Gasteiger partial charge in [-0.15, -0.1) is 0 Å². The molecule has 0 saturated heterocycles. The fraction of sp³-hybridized carbons (Fsp3) is 0.235. The lowest BCUT2D eigenvalue weighted by molar-refractivity contribution is 0.102. The highest BCUT2D eigenvalue weighted by atomic mass is 19.1. The van der Waals surface area contributed by atoms with E-state index in [2.05, 4.69) is 15.3 Å². The number of hydrogen-bond donors (Lipinski definition) is 2. The number of carbonyl (C=O) groups excluding carboxylic acids is 1. The SMILES string of the molecule is NC1=NC(CCc2ccc(NC(=O)c3ccc(F)nc3F)cc2)CO1. The van der Waals surface area contributed by atoms with E-state index in [4.69, 9.17) is 10.5 Å². The number of benzene rings is 1. The Morgan fingerprint density at radius 1 is 1.24 bits per heavy atom. The predicted molar refractivity (Wildman–Crippen MR) is 88.2 cm³/mol. The Hall–Kier alpha value is -3.03. The number of anilines is 1. The van der Waals surface area contributed by atoms with Crippen molar-refractivity contribution >= 4 is 17.6 Å². The largest absolute Gasteiger partial charge is 0.463 e. The van der Waals surface area contributed by atoms with Gasteiger partial charge in [-0.2, -0.15) is 13.8 Å². The predicted octanol–water partition coefficient (Wildman–Crippen LogP) is 2.26. The Balaban J connectivity index is 1.57. The molecule has 0 bridgehead atoms. The van der Waals surface area contributed by atoms with Gasteiger partial charge in [-0.25, -0.2) is 4.99 Å².